The molecule has 0 amide bonds. The van der Waals surface area contributed by atoms with Gasteiger partial charge in [0.05, 0.1) is 12.7 Å². The van der Waals surface area contributed by atoms with Crippen LogP contribution in [0.2, 0.25) is 0 Å². The first kappa shape index (κ1) is 17.5. The van der Waals surface area contributed by atoms with E-state index < -0.39 is 43.0 Å². The topological polar surface area (TPSA) is 47.9 Å². The summed E-state index contributed by atoms with van der Waals surface area (Å²) >= 11 is 0. The summed E-state index contributed by atoms with van der Waals surface area (Å²) in [7, 11) is 0. The minimum absolute atomic E-state index is 0.437. The largest absolute Gasteiger partial charge is 0.449 e. The van der Waals surface area contributed by atoms with Gasteiger partial charge in [-0.15, -0.1) is 0 Å². The van der Waals surface area contributed by atoms with Crippen LogP contribution in [0, 0.1) is 0 Å². The van der Waals surface area contributed by atoms with Crippen LogP contribution < -0.4 is 0 Å². The van der Waals surface area contributed by atoms with Crippen molar-refractivity contribution >= 4 is 0 Å². The number of hydrogen-bond donors (Lipinski definition) is 1. The van der Waals surface area contributed by atoms with E-state index >= 15 is 0 Å². The molecule has 9 heteroatoms. The molecule has 4 nitrogen and oxygen atoms in total. The molecule has 3 unspecified atom stereocenters. The van der Waals surface area contributed by atoms with Crippen molar-refractivity contribution in [3.63, 3.8) is 0 Å². The van der Waals surface area contributed by atoms with Gasteiger partial charge >= 0.3 is 17.9 Å². The van der Waals surface area contributed by atoms with Crippen molar-refractivity contribution in [3.8, 4) is 0 Å². The van der Waals surface area contributed by atoms with Gasteiger partial charge in [-0.1, -0.05) is 6.92 Å². The lowest BCUT2D eigenvalue weighted by atomic mass is 9.89. The van der Waals surface area contributed by atoms with Crippen LogP contribution >= 0.6 is 0 Å². The summed E-state index contributed by atoms with van der Waals surface area (Å²) < 4.78 is 79.6. The lowest BCUT2D eigenvalue weighted by molar-refractivity contribution is -0.502. The second kappa shape index (κ2) is 5.36. The molecular formula is C11H17F5O4. The van der Waals surface area contributed by atoms with Gasteiger partial charge in [-0.3, -0.25) is 0 Å². The monoisotopic (exact) mass is 308 g/mol. The summed E-state index contributed by atoms with van der Waals surface area (Å²) in [6.07, 6.45) is -5.62. The first-order chi connectivity index (χ1) is 8.91. The molecule has 1 saturated heterocycles. The van der Waals surface area contributed by atoms with Gasteiger partial charge in [-0.2, -0.15) is 22.0 Å². The third kappa shape index (κ3) is 2.63. The maximum atomic E-state index is 14.1. The minimum atomic E-state index is -5.67. The van der Waals surface area contributed by atoms with E-state index in [4.69, 9.17) is 4.74 Å². The molecule has 1 aliphatic rings. The first-order valence-corrected chi connectivity index (χ1v) is 5.97. The fraction of sp³-hybridized carbons (Fsp3) is 1.00. The van der Waals surface area contributed by atoms with Crippen LogP contribution in [0.5, 0.6) is 0 Å². The van der Waals surface area contributed by atoms with E-state index in [1.165, 1.54) is 0 Å². The Morgan fingerprint density at radius 2 is 1.85 bits per heavy atom. The van der Waals surface area contributed by atoms with Crippen LogP contribution in [0.3, 0.4) is 0 Å². The summed E-state index contributed by atoms with van der Waals surface area (Å²) in [5.74, 6) is -9.34. The molecule has 0 bridgehead atoms. The Labute approximate surface area is 112 Å². The van der Waals surface area contributed by atoms with Crippen LogP contribution in [0.1, 0.15) is 27.2 Å². The Bertz CT molecular complexity index is 348. The van der Waals surface area contributed by atoms with E-state index in [0.29, 0.717) is 6.42 Å². The summed E-state index contributed by atoms with van der Waals surface area (Å²) in [6, 6.07) is 0. The molecule has 1 aliphatic heterocycles. The Hall–Kier alpha value is -0.510. The molecule has 1 N–H and O–H groups in total. The van der Waals surface area contributed by atoms with Crippen LogP contribution in [-0.2, 0) is 14.2 Å². The lowest BCUT2D eigenvalue weighted by Gasteiger charge is -2.49. The van der Waals surface area contributed by atoms with Crippen LogP contribution in [0.4, 0.5) is 22.0 Å². The van der Waals surface area contributed by atoms with E-state index in [1.807, 2.05) is 0 Å². The number of rotatable bonds is 4. The molecule has 120 valence electrons. The number of alkyl halides is 5. The molecule has 0 aliphatic carbocycles. The SMILES string of the molecule is CCC(C)OCC1(C)OCOC(O)(C(F)(F)F)C1(F)F. The molecule has 1 rings (SSSR count). The zero-order valence-corrected chi connectivity index (χ0v) is 11.3. The maximum absolute atomic E-state index is 14.1. The molecule has 0 aromatic carbocycles. The summed E-state index contributed by atoms with van der Waals surface area (Å²) in [4.78, 5) is 0. The third-order valence-electron chi connectivity index (χ3n) is 3.34. The van der Waals surface area contributed by atoms with Crippen molar-refractivity contribution in [2.24, 2.45) is 0 Å². The quantitative estimate of drug-likeness (QED) is 0.811. The molecule has 0 aromatic rings. The standard InChI is InChI=1S/C11H17F5O4/c1-4-7(2)18-5-8(3)9(12,13)10(17,11(14,15)16)20-6-19-8/h7,17H,4-6H2,1-3H3. The minimum Gasteiger partial charge on any atom is -0.375 e. The normalized spacial score (nSPS) is 35.9. The average molecular weight is 308 g/mol. The molecule has 1 fully saturated rings. The van der Waals surface area contributed by atoms with Gasteiger partial charge in [0.15, 0.2) is 12.4 Å². The van der Waals surface area contributed by atoms with Gasteiger partial charge in [0.1, 0.15) is 0 Å². The van der Waals surface area contributed by atoms with Crippen molar-refractivity contribution in [2.75, 3.05) is 13.4 Å². The number of hydrogen-bond acceptors (Lipinski definition) is 4. The molecule has 3 atom stereocenters. The molecular weight excluding hydrogens is 291 g/mol. The molecule has 20 heavy (non-hydrogen) atoms. The second-order valence-electron chi connectivity index (χ2n) is 4.88. The van der Waals surface area contributed by atoms with Gasteiger partial charge < -0.3 is 19.3 Å². The Morgan fingerprint density at radius 3 is 2.30 bits per heavy atom. The molecule has 0 radical (unpaired) electrons. The van der Waals surface area contributed by atoms with E-state index in [1.54, 1.807) is 13.8 Å². The zero-order chi connectivity index (χ0) is 15.8. The summed E-state index contributed by atoms with van der Waals surface area (Å²) in [5, 5.41) is 9.26. The average Bonchev–Trinajstić information content (AvgIpc) is 2.32. The van der Waals surface area contributed by atoms with Crippen molar-refractivity contribution < 1.29 is 41.3 Å². The van der Waals surface area contributed by atoms with Crippen molar-refractivity contribution in [1.29, 1.82) is 0 Å². The highest BCUT2D eigenvalue weighted by atomic mass is 19.4. The van der Waals surface area contributed by atoms with Gasteiger partial charge in [0, 0.05) is 0 Å². The van der Waals surface area contributed by atoms with Crippen LogP contribution in [0.25, 0.3) is 0 Å². The number of halogens is 5. The molecule has 0 aromatic heterocycles. The van der Waals surface area contributed by atoms with Crippen LogP contribution in [-0.4, -0.2) is 48.1 Å². The van der Waals surface area contributed by atoms with Crippen molar-refractivity contribution in [3.05, 3.63) is 0 Å². The Morgan fingerprint density at radius 1 is 1.30 bits per heavy atom. The van der Waals surface area contributed by atoms with Gasteiger partial charge in [-0.05, 0) is 20.3 Å². The molecule has 0 spiro atoms. The smallest absolute Gasteiger partial charge is 0.375 e. The predicted molar refractivity (Wildman–Crippen MR) is 57.1 cm³/mol. The van der Waals surface area contributed by atoms with Gasteiger partial charge in [-0.25, -0.2) is 0 Å². The van der Waals surface area contributed by atoms with Gasteiger partial charge in [0.25, 0.3) is 0 Å². The third-order valence-corrected chi connectivity index (χ3v) is 3.34. The maximum Gasteiger partial charge on any atom is 0.449 e. The number of aliphatic hydroxyl groups is 1. The fourth-order valence-corrected chi connectivity index (χ4v) is 1.60. The lowest BCUT2D eigenvalue weighted by Crippen LogP contribution is -2.74. The van der Waals surface area contributed by atoms with Crippen LogP contribution in [0.15, 0.2) is 0 Å². The highest BCUT2D eigenvalue weighted by Crippen LogP contribution is 2.52. The number of ether oxygens (including phenoxy) is 3. The Balaban J connectivity index is 3.03. The van der Waals surface area contributed by atoms with Crippen molar-refractivity contribution in [2.45, 2.75) is 56.8 Å². The highest BCUT2D eigenvalue weighted by Gasteiger charge is 2.79. The zero-order valence-electron chi connectivity index (χ0n) is 11.3. The van der Waals surface area contributed by atoms with Crippen molar-refractivity contribution in [1.82, 2.24) is 0 Å². The highest BCUT2D eigenvalue weighted by molar-refractivity contribution is 5.06. The summed E-state index contributed by atoms with van der Waals surface area (Å²) in [6.45, 7) is 2.12. The first-order valence-electron chi connectivity index (χ1n) is 5.97. The Kier molecular flexibility index (Phi) is 4.70. The van der Waals surface area contributed by atoms with E-state index in [0.717, 1.165) is 6.92 Å². The predicted octanol–water partition coefficient (Wildman–Crippen LogP) is 2.45. The van der Waals surface area contributed by atoms with E-state index in [-0.39, 0.29) is 0 Å². The van der Waals surface area contributed by atoms with E-state index in [9.17, 15) is 27.1 Å². The fourth-order valence-electron chi connectivity index (χ4n) is 1.60. The van der Waals surface area contributed by atoms with Gasteiger partial charge in [0.2, 0.25) is 0 Å². The second-order valence-corrected chi connectivity index (χ2v) is 4.88. The molecule has 1 heterocycles. The summed E-state index contributed by atoms with van der Waals surface area (Å²) in [5.41, 5.74) is -2.65. The van der Waals surface area contributed by atoms with E-state index in [2.05, 4.69) is 9.47 Å². The molecule has 0 saturated carbocycles.